The van der Waals surface area contributed by atoms with Crippen LogP contribution in [0.5, 0.6) is 0 Å². The van der Waals surface area contributed by atoms with Gasteiger partial charge in [-0.2, -0.15) is 0 Å². The van der Waals surface area contributed by atoms with Crippen molar-refractivity contribution >= 4 is 0 Å². The molecular weight excluding hydrogens is 338 g/mol. The fourth-order valence-electron chi connectivity index (χ4n) is 4.69. The molecule has 2 unspecified atom stereocenters. The third kappa shape index (κ3) is 5.60. The smallest absolute Gasteiger partial charge is 0.0198 e. The molecule has 28 heavy (non-hydrogen) atoms. The number of hydrogen-bond acceptors (Lipinski definition) is 1. The van der Waals surface area contributed by atoms with Crippen LogP contribution in [0.25, 0.3) is 0 Å². The van der Waals surface area contributed by atoms with Crippen LogP contribution in [-0.2, 0) is 0 Å². The Labute approximate surface area is 175 Å². The number of rotatable bonds is 10. The van der Waals surface area contributed by atoms with E-state index in [2.05, 4.69) is 111 Å². The van der Waals surface area contributed by atoms with E-state index in [4.69, 9.17) is 0 Å². The summed E-state index contributed by atoms with van der Waals surface area (Å²) in [5.74, 6) is 1.35. The van der Waals surface area contributed by atoms with Crippen molar-refractivity contribution in [2.24, 2.45) is 28.6 Å². The molecule has 1 N–H and O–H groups in total. The molecule has 0 aromatic heterocycles. The molecule has 0 amide bonds. The molecule has 0 saturated carbocycles. The van der Waals surface area contributed by atoms with Crippen LogP contribution in [0, 0.1) is 28.6 Å². The molecule has 1 aliphatic rings. The third-order valence-electron chi connectivity index (χ3n) is 6.87. The molecule has 0 bridgehead atoms. The Morgan fingerprint density at radius 1 is 1.14 bits per heavy atom. The summed E-state index contributed by atoms with van der Waals surface area (Å²) in [5, 5.41) is 3.74. The van der Waals surface area contributed by atoms with Gasteiger partial charge in [-0.15, -0.1) is 6.58 Å². The van der Waals surface area contributed by atoms with Crippen molar-refractivity contribution in [3.63, 3.8) is 0 Å². The molecule has 1 aliphatic carbocycles. The first kappa shape index (κ1) is 24.7. The standard InChI is InChI=1S/C27H45N/c1-12-26(7,8)24(23(20(4)5)18-21(6)19(2)3)25(28-11)27(9,10)22-16-14-13-15-17-22/h12,14,16-18,20,23-25,28H,1-2,13,15H2,3-11H3/b21-18+/t23-,24?,25?/m1/s1. The van der Waals surface area contributed by atoms with Crippen LogP contribution in [-0.4, -0.2) is 13.1 Å². The van der Waals surface area contributed by atoms with E-state index in [-0.39, 0.29) is 10.8 Å². The highest BCUT2D eigenvalue weighted by Gasteiger charge is 2.46. The Morgan fingerprint density at radius 3 is 2.14 bits per heavy atom. The van der Waals surface area contributed by atoms with E-state index in [1.54, 1.807) is 0 Å². The lowest BCUT2D eigenvalue weighted by Crippen LogP contribution is -2.53. The van der Waals surface area contributed by atoms with E-state index in [1.807, 2.05) is 0 Å². The Hall–Kier alpha value is -1.34. The lowest BCUT2D eigenvalue weighted by molar-refractivity contribution is 0.0818. The highest BCUT2D eigenvalue weighted by atomic mass is 14.9. The Kier molecular flexibility index (Phi) is 8.75. The molecule has 0 aromatic carbocycles. The van der Waals surface area contributed by atoms with Gasteiger partial charge >= 0.3 is 0 Å². The van der Waals surface area contributed by atoms with Crippen molar-refractivity contribution in [2.45, 2.75) is 74.3 Å². The maximum Gasteiger partial charge on any atom is 0.0198 e. The van der Waals surface area contributed by atoms with Crippen LogP contribution in [0.3, 0.4) is 0 Å². The van der Waals surface area contributed by atoms with Crippen LogP contribution in [0.15, 0.2) is 60.3 Å². The van der Waals surface area contributed by atoms with Crippen molar-refractivity contribution in [1.29, 1.82) is 0 Å². The van der Waals surface area contributed by atoms with E-state index in [0.29, 0.717) is 23.8 Å². The highest BCUT2D eigenvalue weighted by molar-refractivity contribution is 5.32. The predicted molar refractivity (Wildman–Crippen MR) is 127 cm³/mol. The molecule has 0 aromatic rings. The molecule has 1 nitrogen and oxygen atoms in total. The zero-order valence-electron chi connectivity index (χ0n) is 20.0. The number of hydrogen-bond donors (Lipinski definition) is 1. The molecule has 0 fully saturated rings. The van der Waals surface area contributed by atoms with E-state index >= 15 is 0 Å². The van der Waals surface area contributed by atoms with Gasteiger partial charge in [0.1, 0.15) is 0 Å². The van der Waals surface area contributed by atoms with Crippen LogP contribution in [0.1, 0.15) is 68.2 Å². The third-order valence-corrected chi connectivity index (χ3v) is 6.87. The van der Waals surface area contributed by atoms with Crippen LogP contribution in [0.4, 0.5) is 0 Å². The van der Waals surface area contributed by atoms with Gasteiger partial charge in [0.25, 0.3) is 0 Å². The quantitative estimate of drug-likeness (QED) is 0.304. The number of allylic oxidation sites excluding steroid dienone is 7. The number of nitrogens with one attached hydrogen (secondary N) is 1. The average Bonchev–Trinajstić information content (AvgIpc) is 2.64. The lowest BCUT2D eigenvalue weighted by atomic mass is 9.58. The van der Waals surface area contributed by atoms with Gasteiger partial charge in [0.15, 0.2) is 0 Å². The van der Waals surface area contributed by atoms with Crippen molar-refractivity contribution in [2.75, 3.05) is 7.05 Å². The molecule has 0 spiro atoms. The molecule has 0 saturated heterocycles. The Balaban J connectivity index is 3.58. The Bertz CT molecular complexity index is 639. The maximum atomic E-state index is 4.23. The topological polar surface area (TPSA) is 12.0 Å². The molecule has 0 aliphatic heterocycles. The average molecular weight is 384 g/mol. The first-order valence-corrected chi connectivity index (χ1v) is 10.9. The summed E-state index contributed by atoms with van der Waals surface area (Å²) < 4.78 is 0. The maximum absolute atomic E-state index is 4.23. The summed E-state index contributed by atoms with van der Waals surface area (Å²) in [6, 6.07) is 0.316. The zero-order chi connectivity index (χ0) is 21.7. The second-order valence-corrected chi connectivity index (χ2v) is 10.1. The minimum Gasteiger partial charge on any atom is -0.316 e. The Morgan fingerprint density at radius 2 is 1.75 bits per heavy atom. The van der Waals surface area contributed by atoms with Gasteiger partial charge in [0, 0.05) is 11.5 Å². The van der Waals surface area contributed by atoms with Gasteiger partial charge in [-0.1, -0.05) is 89.6 Å². The molecule has 0 heterocycles. The summed E-state index contributed by atoms with van der Waals surface area (Å²) in [5.41, 5.74) is 3.91. The van der Waals surface area contributed by atoms with Gasteiger partial charge in [0.05, 0.1) is 0 Å². The first-order valence-electron chi connectivity index (χ1n) is 10.9. The van der Waals surface area contributed by atoms with Crippen molar-refractivity contribution in [1.82, 2.24) is 5.32 Å². The molecule has 1 rings (SSSR count). The van der Waals surface area contributed by atoms with Gasteiger partial charge < -0.3 is 5.32 Å². The van der Waals surface area contributed by atoms with Crippen LogP contribution < -0.4 is 5.32 Å². The lowest BCUT2D eigenvalue weighted by Gasteiger charge is -2.50. The molecule has 0 radical (unpaired) electrons. The summed E-state index contributed by atoms with van der Waals surface area (Å²) >= 11 is 0. The fraction of sp³-hybridized carbons (Fsp3) is 0.630. The van der Waals surface area contributed by atoms with Crippen molar-refractivity contribution in [3.8, 4) is 0 Å². The molecule has 1 heteroatoms. The van der Waals surface area contributed by atoms with E-state index in [0.717, 1.165) is 18.4 Å². The minimum atomic E-state index is -0.00925. The summed E-state index contributed by atoms with van der Waals surface area (Å²) in [6.07, 6.45) is 14.0. The molecule has 158 valence electrons. The first-order chi connectivity index (χ1) is 12.9. The van der Waals surface area contributed by atoms with Gasteiger partial charge in [0.2, 0.25) is 0 Å². The largest absolute Gasteiger partial charge is 0.316 e. The van der Waals surface area contributed by atoms with Crippen molar-refractivity contribution in [3.05, 3.63) is 60.3 Å². The normalized spacial score (nSPS) is 19.2. The second-order valence-electron chi connectivity index (χ2n) is 10.1. The highest BCUT2D eigenvalue weighted by Crippen LogP contribution is 2.48. The van der Waals surface area contributed by atoms with Crippen LogP contribution in [0.2, 0.25) is 0 Å². The van der Waals surface area contributed by atoms with Crippen molar-refractivity contribution < 1.29 is 0 Å². The van der Waals surface area contributed by atoms with Gasteiger partial charge in [-0.3, -0.25) is 0 Å². The SMILES string of the molecule is C=CC(C)(C)C(C(NC)C(C)(C)C1=CCCC=C1)[C@H](/C=C(\C)C(=C)C)C(C)C. The summed E-state index contributed by atoms with van der Waals surface area (Å²) in [6.45, 7) is 26.9. The van der Waals surface area contributed by atoms with E-state index < -0.39 is 0 Å². The second kappa shape index (κ2) is 9.92. The molecular formula is C27H45N. The van der Waals surface area contributed by atoms with Crippen LogP contribution >= 0.6 is 0 Å². The minimum absolute atomic E-state index is 0.00925. The summed E-state index contributed by atoms with van der Waals surface area (Å²) in [7, 11) is 2.12. The van der Waals surface area contributed by atoms with E-state index in [1.165, 1.54) is 11.1 Å². The van der Waals surface area contributed by atoms with Gasteiger partial charge in [-0.25, -0.2) is 0 Å². The van der Waals surface area contributed by atoms with E-state index in [9.17, 15) is 0 Å². The fourth-order valence-corrected chi connectivity index (χ4v) is 4.69. The summed E-state index contributed by atoms with van der Waals surface area (Å²) in [4.78, 5) is 0. The molecule has 3 atom stereocenters. The zero-order valence-corrected chi connectivity index (χ0v) is 20.0. The van der Waals surface area contributed by atoms with Gasteiger partial charge in [-0.05, 0) is 62.5 Å². The monoisotopic (exact) mass is 383 g/mol. The predicted octanol–water partition coefficient (Wildman–Crippen LogP) is 7.50.